The smallest absolute Gasteiger partial charge is 0.0352 e. The van der Waals surface area contributed by atoms with Gasteiger partial charge in [0.2, 0.25) is 0 Å². The summed E-state index contributed by atoms with van der Waals surface area (Å²) in [6.07, 6.45) is 26.0. The fraction of sp³-hybridized carbons (Fsp3) is 1.00. The van der Waals surface area contributed by atoms with E-state index in [0.717, 1.165) is 65.1 Å². The Bertz CT molecular complexity index is 548. The largest absolute Gasteiger partial charge is 0.0651 e. The molecule has 0 aromatic rings. The summed E-state index contributed by atoms with van der Waals surface area (Å²) in [6.45, 7) is 12.7. The fourth-order valence-electron chi connectivity index (χ4n) is 9.77. The zero-order valence-electron chi connectivity index (χ0n) is 23.4. The average molecular weight is 457 g/mol. The first-order valence-corrected chi connectivity index (χ1v) is 16.0. The van der Waals surface area contributed by atoms with Crippen LogP contribution >= 0.6 is 0 Å². The summed E-state index contributed by atoms with van der Waals surface area (Å²) in [5.41, 5.74) is 0. The van der Waals surface area contributed by atoms with Gasteiger partial charge in [0.15, 0.2) is 0 Å². The monoisotopic (exact) mass is 456 g/mol. The average Bonchev–Trinajstić information content (AvgIpc) is 3.26. The van der Waals surface area contributed by atoms with E-state index in [-0.39, 0.29) is 0 Å². The number of hydrogen-bond donors (Lipinski definition) is 0. The number of hydrogen-bond acceptors (Lipinski definition) is 0. The van der Waals surface area contributed by atoms with Gasteiger partial charge in [0.1, 0.15) is 0 Å². The van der Waals surface area contributed by atoms with E-state index in [1.807, 2.05) is 0 Å². The standard InChI is InChI=1S/C33H60/c1-6-26-12-14-29(15-13-26)25(5)31-17-16-30-18-19-32(33(30)22-31)28(7-2)21-24(4)20-27-10-8-23(3)9-11-27/h23-33H,6-22H2,1-5H3. The van der Waals surface area contributed by atoms with Crippen molar-refractivity contribution in [3.8, 4) is 0 Å². The predicted octanol–water partition coefficient (Wildman–Crippen LogP) is 10.6. The highest BCUT2D eigenvalue weighted by Gasteiger charge is 2.45. The van der Waals surface area contributed by atoms with Crippen molar-refractivity contribution in [3.63, 3.8) is 0 Å². The summed E-state index contributed by atoms with van der Waals surface area (Å²) in [7, 11) is 0. The maximum Gasteiger partial charge on any atom is -0.0352 e. The van der Waals surface area contributed by atoms with Crippen LogP contribution in [0.4, 0.5) is 0 Å². The van der Waals surface area contributed by atoms with Crippen LogP contribution in [0.5, 0.6) is 0 Å². The second kappa shape index (κ2) is 12.3. The second-order valence-corrected chi connectivity index (χ2v) is 14.2. The molecule has 7 unspecified atom stereocenters. The topological polar surface area (TPSA) is 0 Å². The van der Waals surface area contributed by atoms with Crippen molar-refractivity contribution in [1.29, 1.82) is 0 Å². The third-order valence-corrected chi connectivity index (χ3v) is 12.2. The molecule has 0 amide bonds. The lowest BCUT2D eigenvalue weighted by molar-refractivity contribution is 0.0701. The predicted molar refractivity (Wildman–Crippen MR) is 145 cm³/mol. The number of fused-ring (bicyclic) bond motifs is 1. The number of rotatable bonds is 9. The van der Waals surface area contributed by atoms with Crippen molar-refractivity contribution in [2.75, 3.05) is 0 Å². The Morgan fingerprint density at radius 1 is 0.697 bits per heavy atom. The van der Waals surface area contributed by atoms with Gasteiger partial charge < -0.3 is 0 Å². The molecule has 0 bridgehead atoms. The van der Waals surface area contributed by atoms with E-state index in [1.54, 1.807) is 44.9 Å². The van der Waals surface area contributed by atoms with Gasteiger partial charge in [0.25, 0.3) is 0 Å². The van der Waals surface area contributed by atoms with E-state index in [4.69, 9.17) is 0 Å². The summed E-state index contributed by atoms with van der Waals surface area (Å²) in [4.78, 5) is 0. The van der Waals surface area contributed by atoms with Crippen LogP contribution in [0.3, 0.4) is 0 Å². The van der Waals surface area contributed by atoms with Crippen LogP contribution in [0.1, 0.15) is 144 Å². The lowest BCUT2D eigenvalue weighted by Crippen LogP contribution is -2.34. The van der Waals surface area contributed by atoms with Crippen LogP contribution in [-0.2, 0) is 0 Å². The fourth-order valence-corrected chi connectivity index (χ4v) is 9.77. The molecule has 0 aromatic carbocycles. The van der Waals surface area contributed by atoms with Crippen molar-refractivity contribution in [1.82, 2.24) is 0 Å². The molecule has 0 aromatic heterocycles. The van der Waals surface area contributed by atoms with E-state index < -0.39 is 0 Å². The van der Waals surface area contributed by atoms with Gasteiger partial charge in [-0.1, -0.05) is 86.0 Å². The highest BCUT2D eigenvalue weighted by atomic mass is 14.5. The lowest BCUT2D eigenvalue weighted by atomic mass is 9.62. The van der Waals surface area contributed by atoms with Crippen molar-refractivity contribution in [3.05, 3.63) is 0 Å². The summed E-state index contributed by atoms with van der Waals surface area (Å²) < 4.78 is 0. The third kappa shape index (κ3) is 6.61. The van der Waals surface area contributed by atoms with Crippen molar-refractivity contribution >= 4 is 0 Å². The third-order valence-electron chi connectivity index (χ3n) is 12.2. The van der Waals surface area contributed by atoms with Crippen molar-refractivity contribution in [2.45, 2.75) is 144 Å². The first kappa shape index (κ1) is 26.1. The Morgan fingerprint density at radius 3 is 2.00 bits per heavy atom. The van der Waals surface area contributed by atoms with Gasteiger partial charge in [-0.3, -0.25) is 0 Å². The summed E-state index contributed by atoms with van der Waals surface area (Å²) in [5.74, 6) is 11.4. The minimum atomic E-state index is 0.958. The maximum atomic E-state index is 2.68. The minimum absolute atomic E-state index is 0.958. The van der Waals surface area contributed by atoms with E-state index in [2.05, 4.69) is 34.6 Å². The summed E-state index contributed by atoms with van der Waals surface area (Å²) in [6, 6.07) is 0. The van der Waals surface area contributed by atoms with Gasteiger partial charge in [0, 0.05) is 0 Å². The molecule has 4 aliphatic carbocycles. The van der Waals surface area contributed by atoms with E-state index >= 15 is 0 Å². The molecule has 4 fully saturated rings. The second-order valence-electron chi connectivity index (χ2n) is 14.2. The Kier molecular flexibility index (Phi) is 9.72. The van der Waals surface area contributed by atoms with Crippen LogP contribution in [0.15, 0.2) is 0 Å². The van der Waals surface area contributed by atoms with E-state index in [9.17, 15) is 0 Å². The SMILES string of the molecule is CCC1CCC(C(C)C2CCC3CCC(C(CC)CC(C)CC4CCC(C)CC4)C3C2)CC1. The van der Waals surface area contributed by atoms with Crippen molar-refractivity contribution < 1.29 is 0 Å². The Balaban J connectivity index is 1.29. The lowest BCUT2D eigenvalue weighted by Gasteiger charge is -2.43. The van der Waals surface area contributed by atoms with Crippen LogP contribution in [-0.4, -0.2) is 0 Å². The first-order valence-electron chi connectivity index (χ1n) is 16.0. The molecule has 0 heteroatoms. The molecule has 33 heavy (non-hydrogen) atoms. The normalized spacial score (nSPS) is 42.5. The van der Waals surface area contributed by atoms with Gasteiger partial charge in [-0.2, -0.15) is 0 Å². The maximum absolute atomic E-state index is 2.68. The van der Waals surface area contributed by atoms with E-state index in [0.29, 0.717) is 0 Å². The van der Waals surface area contributed by atoms with Crippen LogP contribution in [0.25, 0.3) is 0 Å². The highest BCUT2D eigenvalue weighted by molar-refractivity contribution is 4.95. The van der Waals surface area contributed by atoms with Gasteiger partial charge in [0.05, 0.1) is 0 Å². The molecule has 0 nitrogen and oxygen atoms in total. The summed E-state index contributed by atoms with van der Waals surface area (Å²) >= 11 is 0. The molecule has 0 N–H and O–H groups in total. The highest BCUT2D eigenvalue weighted by Crippen LogP contribution is 2.54. The molecule has 7 atom stereocenters. The molecule has 0 spiro atoms. The van der Waals surface area contributed by atoms with Gasteiger partial charge >= 0.3 is 0 Å². The van der Waals surface area contributed by atoms with Crippen LogP contribution < -0.4 is 0 Å². The molecule has 0 heterocycles. The molecular formula is C33H60. The molecule has 0 radical (unpaired) electrons. The van der Waals surface area contributed by atoms with Crippen LogP contribution in [0, 0.1) is 65.1 Å². The molecule has 192 valence electrons. The molecule has 0 aliphatic heterocycles. The Labute approximate surface area is 208 Å². The first-order chi connectivity index (χ1) is 16.0. The minimum Gasteiger partial charge on any atom is -0.0651 e. The zero-order valence-corrected chi connectivity index (χ0v) is 23.4. The molecular weight excluding hydrogens is 396 g/mol. The molecule has 4 rings (SSSR count). The molecule has 4 saturated carbocycles. The van der Waals surface area contributed by atoms with E-state index in [1.165, 1.54) is 64.2 Å². The van der Waals surface area contributed by atoms with Crippen molar-refractivity contribution in [2.24, 2.45) is 65.1 Å². The van der Waals surface area contributed by atoms with Gasteiger partial charge in [-0.25, -0.2) is 0 Å². The van der Waals surface area contributed by atoms with Gasteiger partial charge in [-0.05, 0) is 123 Å². The Morgan fingerprint density at radius 2 is 1.33 bits per heavy atom. The van der Waals surface area contributed by atoms with Gasteiger partial charge in [-0.15, -0.1) is 0 Å². The zero-order chi connectivity index (χ0) is 23.4. The van der Waals surface area contributed by atoms with Crippen LogP contribution in [0.2, 0.25) is 0 Å². The molecule has 0 saturated heterocycles. The Hall–Kier alpha value is 0. The quantitative estimate of drug-likeness (QED) is 0.323. The summed E-state index contributed by atoms with van der Waals surface area (Å²) in [5, 5.41) is 0. The molecule has 4 aliphatic rings.